The lowest BCUT2D eigenvalue weighted by Gasteiger charge is -2.08. The zero-order chi connectivity index (χ0) is 14.7. The van der Waals surface area contributed by atoms with Gasteiger partial charge in [-0.05, 0) is 12.1 Å². The van der Waals surface area contributed by atoms with Crippen LogP contribution < -0.4 is 4.74 Å². The first-order valence-corrected chi connectivity index (χ1v) is 6.66. The maximum atomic E-state index is 11.0. The summed E-state index contributed by atoms with van der Waals surface area (Å²) in [5.74, 6) is 1.31. The Morgan fingerprint density at radius 2 is 2.15 bits per heavy atom. The van der Waals surface area contributed by atoms with E-state index in [-0.39, 0.29) is 28.9 Å². The summed E-state index contributed by atoms with van der Waals surface area (Å²) in [5.41, 5.74) is 0.273. The Morgan fingerprint density at radius 1 is 1.40 bits per heavy atom. The van der Waals surface area contributed by atoms with E-state index >= 15 is 0 Å². The zero-order valence-corrected chi connectivity index (χ0v) is 12.4. The number of carbonyl (C=O) groups excluding carboxylic acids is 1. The summed E-state index contributed by atoms with van der Waals surface area (Å²) >= 11 is 11.8. The first-order valence-electron chi connectivity index (χ1n) is 5.90. The number of aldehydes is 1. The van der Waals surface area contributed by atoms with Crippen molar-refractivity contribution in [1.82, 2.24) is 10.1 Å². The minimum absolute atomic E-state index is 0.0540. The predicted octanol–water partition coefficient (Wildman–Crippen LogP) is 3.89. The van der Waals surface area contributed by atoms with Gasteiger partial charge in [0.05, 0.1) is 10.6 Å². The first-order chi connectivity index (χ1) is 9.51. The van der Waals surface area contributed by atoms with Crippen LogP contribution >= 0.6 is 23.2 Å². The van der Waals surface area contributed by atoms with E-state index in [2.05, 4.69) is 10.1 Å². The topological polar surface area (TPSA) is 65.2 Å². The van der Waals surface area contributed by atoms with Crippen molar-refractivity contribution in [2.24, 2.45) is 0 Å². The third-order valence-electron chi connectivity index (χ3n) is 2.49. The van der Waals surface area contributed by atoms with Crippen LogP contribution in [0.25, 0.3) is 0 Å². The van der Waals surface area contributed by atoms with E-state index in [1.54, 1.807) is 0 Å². The fourth-order valence-corrected chi connectivity index (χ4v) is 2.08. The van der Waals surface area contributed by atoms with Crippen LogP contribution in [0.2, 0.25) is 10.0 Å². The van der Waals surface area contributed by atoms with Gasteiger partial charge in [0.2, 0.25) is 11.7 Å². The van der Waals surface area contributed by atoms with Gasteiger partial charge in [-0.1, -0.05) is 42.2 Å². The first kappa shape index (κ1) is 14.8. The van der Waals surface area contributed by atoms with Gasteiger partial charge in [-0.3, -0.25) is 4.79 Å². The summed E-state index contributed by atoms with van der Waals surface area (Å²) in [6.45, 7) is 3.94. The average Bonchev–Trinajstić information content (AvgIpc) is 2.85. The van der Waals surface area contributed by atoms with Crippen molar-refractivity contribution >= 4 is 29.5 Å². The number of nitrogens with zero attached hydrogens (tertiary/aromatic N) is 2. The predicted molar refractivity (Wildman–Crippen MR) is 74.6 cm³/mol. The average molecular weight is 315 g/mol. The number of hydrogen-bond acceptors (Lipinski definition) is 5. The summed E-state index contributed by atoms with van der Waals surface area (Å²) in [5, 5.41) is 4.41. The summed E-state index contributed by atoms with van der Waals surface area (Å²) in [6.07, 6.45) is 0.628. The molecule has 2 rings (SSSR count). The highest BCUT2D eigenvalue weighted by molar-refractivity contribution is 6.36. The van der Waals surface area contributed by atoms with Gasteiger partial charge < -0.3 is 9.26 Å². The normalized spacial score (nSPS) is 10.8. The minimum Gasteiger partial charge on any atom is -0.483 e. The van der Waals surface area contributed by atoms with E-state index < -0.39 is 0 Å². The standard InChI is InChI=1S/C13H12Cl2N2O3/c1-7(2)13-16-11(17-20-13)6-19-12-8(5-18)3-9(14)4-10(12)15/h3-5,7H,6H2,1-2H3. The Hall–Kier alpha value is -1.59. The van der Waals surface area contributed by atoms with E-state index in [9.17, 15) is 4.79 Å². The van der Waals surface area contributed by atoms with Gasteiger partial charge in [0, 0.05) is 10.9 Å². The lowest BCUT2D eigenvalue weighted by atomic mass is 10.2. The second-order valence-electron chi connectivity index (χ2n) is 4.42. The largest absolute Gasteiger partial charge is 0.483 e. The summed E-state index contributed by atoms with van der Waals surface area (Å²) in [4.78, 5) is 15.2. The SMILES string of the molecule is CC(C)c1nc(COc2c(Cl)cc(Cl)cc2C=O)no1. The molecule has 1 aromatic carbocycles. The second kappa shape index (κ2) is 6.24. The number of ether oxygens (including phenoxy) is 1. The monoisotopic (exact) mass is 314 g/mol. The Bertz CT molecular complexity index is 626. The lowest BCUT2D eigenvalue weighted by molar-refractivity contribution is 0.111. The molecule has 0 atom stereocenters. The number of rotatable bonds is 5. The Balaban J connectivity index is 2.16. The van der Waals surface area contributed by atoms with Crippen LogP contribution in [0.4, 0.5) is 0 Å². The minimum atomic E-state index is 0.0540. The van der Waals surface area contributed by atoms with E-state index in [4.69, 9.17) is 32.5 Å². The maximum absolute atomic E-state index is 11.0. The van der Waals surface area contributed by atoms with Crippen LogP contribution in [0.5, 0.6) is 5.75 Å². The zero-order valence-electron chi connectivity index (χ0n) is 10.9. The van der Waals surface area contributed by atoms with Crippen molar-refractivity contribution < 1.29 is 14.1 Å². The number of benzene rings is 1. The smallest absolute Gasteiger partial charge is 0.229 e. The molecule has 0 fully saturated rings. The van der Waals surface area contributed by atoms with Crippen molar-refractivity contribution in [3.63, 3.8) is 0 Å². The molecule has 0 unspecified atom stereocenters. The Morgan fingerprint density at radius 3 is 2.75 bits per heavy atom. The van der Waals surface area contributed by atoms with Crippen LogP contribution in [-0.2, 0) is 6.61 Å². The molecule has 0 saturated heterocycles. The molecule has 1 heterocycles. The number of halogens is 2. The molecule has 20 heavy (non-hydrogen) atoms. The van der Waals surface area contributed by atoms with Gasteiger partial charge >= 0.3 is 0 Å². The van der Waals surface area contributed by atoms with Crippen molar-refractivity contribution in [3.8, 4) is 5.75 Å². The van der Waals surface area contributed by atoms with Crippen LogP contribution in [0.1, 0.15) is 41.8 Å². The number of carbonyl (C=O) groups is 1. The highest BCUT2D eigenvalue weighted by Gasteiger charge is 2.14. The van der Waals surface area contributed by atoms with E-state index in [0.29, 0.717) is 23.0 Å². The molecular weight excluding hydrogens is 303 g/mol. The highest BCUT2D eigenvalue weighted by atomic mass is 35.5. The third-order valence-corrected chi connectivity index (χ3v) is 2.99. The van der Waals surface area contributed by atoms with Gasteiger partial charge in [0.1, 0.15) is 5.75 Å². The lowest BCUT2D eigenvalue weighted by Crippen LogP contribution is -2.01. The molecular formula is C13H12Cl2N2O3. The summed E-state index contributed by atoms with van der Waals surface area (Å²) < 4.78 is 10.5. The van der Waals surface area contributed by atoms with Gasteiger partial charge in [0.15, 0.2) is 12.9 Å². The van der Waals surface area contributed by atoms with Crippen molar-refractivity contribution in [2.75, 3.05) is 0 Å². The van der Waals surface area contributed by atoms with Crippen molar-refractivity contribution in [2.45, 2.75) is 26.4 Å². The summed E-state index contributed by atoms with van der Waals surface area (Å²) in [7, 11) is 0. The van der Waals surface area contributed by atoms with Gasteiger partial charge in [0.25, 0.3) is 0 Å². The van der Waals surface area contributed by atoms with Crippen LogP contribution in [0.3, 0.4) is 0 Å². The van der Waals surface area contributed by atoms with E-state index in [1.165, 1.54) is 12.1 Å². The number of aromatic nitrogens is 2. The van der Waals surface area contributed by atoms with Gasteiger partial charge in [-0.15, -0.1) is 0 Å². The fourth-order valence-electron chi connectivity index (χ4n) is 1.52. The molecule has 0 bridgehead atoms. The molecule has 7 heteroatoms. The molecule has 0 aliphatic carbocycles. The highest BCUT2D eigenvalue weighted by Crippen LogP contribution is 2.31. The van der Waals surface area contributed by atoms with Gasteiger partial charge in [-0.2, -0.15) is 4.98 Å². The van der Waals surface area contributed by atoms with Crippen molar-refractivity contribution in [1.29, 1.82) is 0 Å². The molecule has 1 aromatic heterocycles. The molecule has 5 nitrogen and oxygen atoms in total. The third kappa shape index (κ3) is 3.29. The molecule has 0 saturated carbocycles. The fraction of sp³-hybridized carbons (Fsp3) is 0.308. The molecule has 0 amide bonds. The molecule has 0 aliphatic rings. The second-order valence-corrected chi connectivity index (χ2v) is 5.26. The molecule has 2 aromatic rings. The number of hydrogen-bond donors (Lipinski definition) is 0. The summed E-state index contributed by atoms with van der Waals surface area (Å²) in [6, 6.07) is 2.98. The van der Waals surface area contributed by atoms with E-state index in [0.717, 1.165) is 0 Å². The quantitative estimate of drug-likeness (QED) is 0.783. The van der Waals surface area contributed by atoms with Crippen LogP contribution in [0.15, 0.2) is 16.7 Å². The van der Waals surface area contributed by atoms with Gasteiger partial charge in [-0.25, -0.2) is 0 Å². The van der Waals surface area contributed by atoms with Crippen molar-refractivity contribution in [3.05, 3.63) is 39.5 Å². The Kier molecular flexibility index (Phi) is 4.62. The van der Waals surface area contributed by atoms with Crippen LogP contribution in [0, 0.1) is 0 Å². The molecule has 0 radical (unpaired) electrons. The molecule has 106 valence electrons. The molecule has 0 aliphatic heterocycles. The maximum Gasteiger partial charge on any atom is 0.229 e. The van der Waals surface area contributed by atoms with E-state index in [1.807, 2.05) is 13.8 Å². The van der Waals surface area contributed by atoms with Crippen LogP contribution in [-0.4, -0.2) is 16.4 Å². The Labute approximate surface area is 125 Å². The molecule has 0 spiro atoms. The molecule has 0 N–H and O–H groups in total.